The molecule has 1 amide bonds. The summed E-state index contributed by atoms with van der Waals surface area (Å²) in [6, 6.07) is -0.355. The molecule has 0 aliphatic carbocycles. The lowest BCUT2D eigenvalue weighted by Crippen LogP contribution is -2.47. The summed E-state index contributed by atoms with van der Waals surface area (Å²) >= 11 is 0. The quantitative estimate of drug-likeness (QED) is 0.667. The maximum absolute atomic E-state index is 11.9. The zero-order valence-electron chi connectivity index (χ0n) is 10.1. The Kier molecular flexibility index (Phi) is 5.37. The normalized spacial score (nSPS) is 23.6. The van der Waals surface area contributed by atoms with Gasteiger partial charge >= 0.3 is 5.97 Å². The summed E-state index contributed by atoms with van der Waals surface area (Å²) in [7, 11) is 0. The van der Waals surface area contributed by atoms with E-state index < -0.39 is 11.9 Å². The molecule has 6 nitrogen and oxygen atoms in total. The van der Waals surface area contributed by atoms with Crippen LogP contribution in [0.4, 0.5) is 0 Å². The highest BCUT2D eigenvalue weighted by Crippen LogP contribution is 2.21. The van der Waals surface area contributed by atoms with E-state index >= 15 is 0 Å². The fraction of sp³-hybridized carbons (Fsp3) is 0.818. The smallest absolute Gasteiger partial charge is 0.311 e. The van der Waals surface area contributed by atoms with Crippen LogP contribution in [0.15, 0.2) is 0 Å². The van der Waals surface area contributed by atoms with E-state index in [0.29, 0.717) is 13.2 Å². The SMILES string of the molecule is CCCN(C(=O)CCN)C1COCC1C(=O)O. The van der Waals surface area contributed by atoms with Gasteiger partial charge in [-0.3, -0.25) is 9.59 Å². The van der Waals surface area contributed by atoms with E-state index in [4.69, 9.17) is 15.6 Å². The molecule has 0 aromatic heterocycles. The van der Waals surface area contributed by atoms with Crippen molar-refractivity contribution in [2.24, 2.45) is 11.7 Å². The first kappa shape index (κ1) is 13.9. The maximum atomic E-state index is 11.9. The van der Waals surface area contributed by atoms with E-state index in [1.165, 1.54) is 0 Å². The van der Waals surface area contributed by atoms with E-state index in [9.17, 15) is 9.59 Å². The Morgan fingerprint density at radius 1 is 1.47 bits per heavy atom. The molecular formula is C11H20N2O4. The predicted molar refractivity (Wildman–Crippen MR) is 61.4 cm³/mol. The van der Waals surface area contributed by atoms with Gasteiger partial charge in [-0.25, -0.2) is 0 Å². The minimum atomic E-state index is -0.908. The van der Waals surface area contributed by atoms with Gasteiger partial charge in [-0.2, -0.15) is 0 Å². The third-order valence-electron chi connectivity index (χ3n) is 2.91. The molecule has 0 saturated carbocycles. The Balaban J connectivity index is 2.74. The van der Waals surface area contributed by atoms with Gasteiger partial charge in [0.25, 0.3) is 0 Å². The molecule has 0 bridgehead atoms. The highest BCUT2D eigenvalue weighted by Gasteiger charge is 2.39. The summed E-state index contributed by atoms with van der Waals surface area (Å²) in [5.41, 5.74) is 5.36. The van der Waals surface area contributed by atoms with Gasteiger partial charge in [-0.15, -0.1) is 0 Å². The van der Waals surface area contributed by atoms with Gasteiger partial charge in [0.2, 0.25) is 5.91 Å². The summed E-state index contributed by atoms with van der Waals surface area (Å²) in [5.74, 6) is -1.62. The summed E-state index contributed by atoms with van der Waals surface area (Å²) in [4.78, 5) is 24.6. The summed E-state index contributed by atoms with van der Waals surface area (Å²) in [6.07, 6.45) is 1.04. The van der Waals surface area contributed by atoms with Crippen molar-refractivity contribution >= 4 is 11.9 Å². The fourth-order valence-electron chi connectivity index (χ4n) is 2.07. The molecule has 2 atom stereocenters. The molecule has 0 radical (unpaired) electrons. The lowest BCUT2D eigenvalue weighted by Gasteiger charge is -2.30. The zero-order valence-corrected chi connectivity index (χ0v) is 10.1. The number of ether oxygens (including phenoxy) is 1. The van der Waals surface area contributed by atoms with Gasteiger partial charge in [0.1, 0.15) is 5.92 Å². The number of carboxylic acid groups (broad SMARTS) is 1. The average molecular weight is 244 g/mol. The molecule has 0 aromatic rings. The number of amides is 1. The van der Waals surface area contributed by atoms with Crippen molar-refractivity contribution in [3.05, 3.63) is 0 Å². The molecule has 98 valence electrons. The van der Waals surface area contributed by atoms with E-state index in [1.807, 2.05) is 6.92 Å². The first-order chi connectivity index (χ1) is 8.11. The molecular weight excluding hydrogens is 224 g/mol. The largest absolute Gasteiger partial charge is 0.481 e. The van der Waals surface area contributed by atoms with Crippen molar-refractivity contribution in [2.45, 2.75) is 25.8 Å². The second-order valence-electron chi connectivity index (χ2n) is 4.18. The first-order valence-corrected chi connectivity index (χ1v) is 5.91. The van der Waals surface area contributed by atoms with Gasteiger partial charge in [0.15, 0.2) is 0 Å². The van der Waals surface area contributed by atoms with E-state index in [0.717, 1.165) is 6.42 Å². The number of nitrogens with zero attached hydrogens (tertiary/aromatic N) is 1. The van der Waals surface area contributed by atoms with Crippen molar-refractivity contribution in [1.82, 2.24) is 4.90 Å². The maximum Gasteiger partial charge on any atom is 0.311 e. The third kappa shape index (κ3) is 3.41. The highest BCUT2D eigenvalue weighted by molar-refractivity contribution is 5.78. The minimum Gasteiger partial charge on any atom is -0.481 e. The molecule has 1 rings (SSSR count). The minimum absolute atomic E-state index is 0.0869. The van der Waals surface area contributed by atoms with Crippen molar-refractivity contribution in [3.8, 4) is 0 Å². The Labute approximate surface area is 101 Å². The monoisotopic (exact) mass is 244 g/mol. The molecule has 1 heterocycles. The summed E-state index contributed by atoms with van der Waals surface area (Å²) < 4.78 is 5.18. The number of rotatable bonds is 6. The van der Waals surface area contributed by atoms with Crippen LogP contribution in [0.5, 0.6) is 0 Å². The van der Waals surface area contributed by atoms with Gasteiger partial charge in [0.05, 0.1) is 19.3 Å². The number of hydrogen-bond donors (Lipinski definition) is 2. The van der Waals surface area contributed by atoms with Crippen LogP contribution in [0.1, 0.15) is 19.8 Å². The Bertz CT molecular complexity index is 283. The van der Waals surface area contributed by atoms with Crippen molar-refractivity contribution in [2.75, 3.05) is 26.3 Å². The second-order valence-corrected chi connectivity index (χ2v) is 4.18. The van der Waals surface area contributed by atoms with Gasteiger partial charge in [-0.1, -0.05) is 6.92 Å². The molecule has 1 fully saturated rings. The molecule has 1 saturated heterocycles. The molecule has 0 aromatic carbocycles. The zero-order chi connectivity index (χ0) is 12.8. The molecule has 2 unspecified atom stereocenters. The number of carbonyl (C=O) groups is 2. The molecule has 1 aliphatic heterocycles. The van der Waals surface area contributed by atoms with Crippen molar-refractivity contribution < 1.29 is 19.4 Å². The van der Waals surface area contributed by atoms with E-state index in [2.05, 4.69) is 0 Å². The fourth-order valence-corrected chi connectivity index (χ4v) is 2.07. The number of aliphatic carboxylic acids is 1. The van der Waals surface area contributed by atoms with Crippen LogP contribution in [0, 0.1) is 5.92 Å². The number of carboxylic acids is 1. The van der Waals surface area contributed by atoms with Crippen LogP contribution in [-0.4, -0.2) is 54.2 Å². The van der Waals surface area contributed by atoms with Gasteiger partial charge in [0, 0.05) is 19.5 Å². The highest BCUT2D eigenvalue weighted by atomic mass is 16.5. The van der Waals surface area contributed by atoms with Crippen LogP contribution in [0.25, 0.3) is 0 Å². The standard InChI is InChI=1S/C11H20N2O4/c1-2-5-13(10(14)3-4-12)9-7-17-6-8(9)11(15)16/h8-9H,2-7,12H2,1H3,(H,15,16). The molecule has 1 aliphatic rings. The third-order valence-corrected chi connectivity index (χ3v) is 2.91. The Hall–Kier alpha value is -1.14. The molecule has 3 N–H and O–H groups in total. The molecule has 0 spiro atoms. The van der Waals surface area contributed by atoms with Gasteiger partial charge in [-0.05, 0) is 6.42 Å². The topological polar surface area (TPSA) is 92.9 Å². The van der Waals surface area contributed by atoms with E-state index in [-0.39, 0.29) is 31.5 Å². The lowest BCUT2D eigenvalue weighted by atomic mass is 10.0. The van der Waals surface area contributed by atoms with Crippen LogP contribution in [0.3, 0.4) is 0 Å². The van der Waals surface area contributed by atoms with Crippen molar-refractivity contribution in [3.63, 3.8) is 0 Å². The van der Waals surface area contributed by atoms with Crippen LogP contribution in [-0.2, 0) is 14.3 Å². The van der Waals surface area contributed by atoms with E-state index in [1.54, 1.807) is 4.90 Å². The number of hydrogen-bond acceptors (Lipinski definition) is 4. The van der Waals surface area contributed by atoms with Gasteiger partial charge < -0.3 is 20.5 Å². The predicted octanol–water partition coefficient (Wildman–Crippen LogP) is -0.327. The Morgan fingerprint density at radius 3 is 2.71 bits per heavy atom. The average Bonchev–Trinajstić information content (AvgIpc) is 2.74. The first-order valence-electron chi connectivity index (χ1n) is 5.91. The number of carbonyl (C=O) groups excluding carboxylic acids is 1. The second kappa shape index (κ2) is 6.56. The van der Waals surface area contributed by atoms with Crippen LogP contribution in [0.2, 0.25) is 0 Å². The summed E-state index contributed by atoms with van der Waals surface area (Å²) in [6.45, 7) is 3.26. The van der Waals surface area contributed by atoms with Crippen LogP contribution < -0.4 is 5.73 Å². The lowest BCUT2D eigenvalue weighted by molar-refractivity contribution is -0.145. The van der Waals surface area contributed by atoms with Crippen LogP contribution >= 0.6 is 0 Å². The molecule has 17 heavy (non-hydrogen) atoms. The Morgan fingerprint density at radius 2 is 2.18 bits per heavy atom. The van der Waals surface area contributed by atoms with Crippen molar-refractivity contribution in [1.29, 1.82) is 0 Å². The molecule has 6 heteroatoms. The number of nitrogens with two attached hydrogens (primary N) is 1. The summed E-state index contributed by atoms with van der Waals surface area (Å²) in [5, 5.41) is 9.07.